The van der Waals surface area contributed by atoms with Crippen LogP contribution in [0.1, 0.15) is 25.0 Å². The summed E-state index contributed by atoms with van der Waals surface area (Å²) in [5.74, 6) is 0.326. The number of aliphatic hydroxyl groups excluding tert-OH is 1. The van der Waals surface area contributed by atoms with Crippen LogP contribution in [0.15, 0.2) is 47.4 Å². The van der Waals surface area contributed by atoms with Gasteiger partial charge in [0, 0.05) is 0 Å². The van der Waals surface area contributed by atoms with Crippen molar-refractivity contribution in [2.75, 3.05) is 7.11 Å². The maximum Gasteiger partial charge on any atom is 0.339 e. The van der Waals surface area contributed by atoms with Gasteiger partial charge in [-0.1, -0.05) is 37.6 Å². The predicted octanol–water partition coefficient (Wildman–Crippen LogP) is 3.29. The van der Waals surface area contributed by atoms with E-state index in [9.17, 15) is 8.42 Å². The summed E-state index contributed by atoms with van der Waals surface area (Å²) in [7, 11) is -2.53. The molecule has 0 spiro atoms. The normalized spacial score (nSPS) is 10.5. The second kappa shape index (κ2) is 8.55. The van der Waals surface area contributed by atoms with Crippen molar-refractivity contribution in [1.29, 1.82) is 0 Å². The molecule has 23 heavy (non-hydrogen) atoms. The molecule has 126 valence electrons. The Morgan fingerprint density at radius 2 is 1.61 bits per heavy atom. The molecule has 5 nitrogen and oxygen atoms in total. The van der Waals surface area contributed by atoms with Crippen LogP contribution in [0.3, 0.4) is 0 Å². The van der Waals surface area contributed by atoms with E-state index in [4.69, 9.17) is 14.0 Å². The predicted molar refractivity (Wildman–Crippen MR) is 89.3 cm³/mol. The van der Waals surface area contributed by atoms with Gasteiger partial charge in [0.05, 0.1) is 13.7 Å². The lowest BCUT2D eigenvalue weighted by Gasteiger charge is -2.12. The highest BCUT2D eigenvalue weighted by Gasteiger charge is 2.19. The summed E-state index contributed by atoms with van der Waals surface area (Å²) in [6, 6.07) is 11.0. The first-order valence-corrected chi connectivity index (χ1v) is 8.66. The number of ether oxygens (including phenoxy) is 1. The monoisotopic (exact) mass is 338 g/mol. The van der Waals surface area contributed by atoms with Gasteiger partial charge in [-0.15, -0.1) is 0 Å². The van der Waals surface area contributed by atoms with Gasteiger partial charge in [0.1, 0.15) is 4.90 Å². The van der Waals surface area contributed by atoms with Crippen LogP contribution in [0.2, 0.25) is 0 Å². The van der Waals surface area contributed by atoms with Crippen molar-refractivity contribution >= 4 is 10.1 Å². The first-order chi connectivity index (χ1) is 11.0. The molecule has 0 bridgehead atoms. The fourth-order valence-corrected chi connectivity index (χ4v) is 2.69. The van der Waals surface area contributed by atoms with E-state index in [1.165, 1.54) is 25.3 Å². The molecule has 0 amide bonds. The van der Waals surface area contributed by atoms with Crippen molar-refractivity contribution in [2.24, 2.45) is 0 Å². The van der Waals surface area contributed by atoms with Crippen molar-refractivity contribution in [3.8, 4) is 11.5 Å². The maximum absolute atomic E-state index is 12.2. The van der Waals surface area contributed by atoms with E-state index in [0.717, 1.165) is 5.56 Å². The van der Waals surface area contributed by atoms with Crippen LogP contribution in [-0.2, 0) is 16.7 Å². The third kappa shape index (κ3) is 4.97. The second-order valence-electron chi connectivity index (χ2n) is 4.49. The van der Waals surface area contributed by atoms with Crippen molar-refractivity contribution in [3.05, 3.63) is 53.6 Å². The molecule has 0 aliphatic rings. The Morgan fingerprint density at radius 3 is 2.13 bits per heavy atom. The minimum absolute atomic E-state index is 0.0459. The summed E-state index contributed by atoms with van der Waals surface area (Å²) in [5, 5.41) is 9.13. The van der Waals surface area contributed by atoms with Gasteiger partial charge in [0.2, 0.25) is 0 Å². The smallest absolute Gasteiger partial charge is 0.339 e. The fraction of sp³-hybridized carbons (Fsp3) is 0.294. The molecule has 6 heteroatoms. The molecule has 2 aromatic carbocycles. The molecule has 0 heterocycles. The first-order valence-electron chi connectivity index (χ1n) is 7.25. The molecule has 0 fully saturated rings. The number of hydrogen-bond acceptors (Lipinski definition) is 5. The van der Waals surface area contributed by atoms with Crippen LogP contribution < -0.4 is 8.92 Å². The number of rotatable bonds is 5. The highest BCUT2D eigenvalue weighted by atomic mass is 32.2. The largest absolute Gasteiger partial charge is 0.493 e. The summed E-state index contributed by atoms with van der Waals surface area (Å²) in [6.07, 6.45) is 0. The van der Waals surface area contributed by atoms with E-state index in [0.29, 0.717) is 5.56 Å². The van der Waals surface area contributed by atoms with E-state index < -0.39 is 10.1 Å². The summed E-state index contributed by atoms with van der Waals surface area (Å²) in [5.41, 5.74) is 1.48. The van der Waals surface area contributed by atoms with Crippen LogP contribution in [0.5, 0.6) is 11.5 Å². The van der Waals surface area contributed by atoms with Crippen molar-refractivity contribution in [1.82, 2.24) is 0 Å². The van der Waals surface area contributed by atoms with Crippen molar-refractivity contribution in [3.63, 3.8) is 0 Å². The van der Waals surface area contributed by atoms with Gasteiger partial charge < -0.3 is 14.0 Å². The van der Waals surface area contributed by atoms with Gasteiger partial charge >= 0.3 is 10.1 Å². The molecule has 0 aromatic heterocycles. The van der Waals surface area contributed by atoms with Crippen LogP contribution in [0.4, 0.5) is 0 Å². The highest BCUT2D eigenvalue weighted by Crippen LogP contribution is 2.30. The van der Waals surface area contributed by atoms with Crippen LogP contribution in [0.25, 0.3) is 0 Å². The first kappa shape index (κ1) is 19.0. The molecule has 2 aromatic rings. The van der Waals surface area contributed by atoms with Gasteiger partial charge in [0.15, 0.2) is 11.5 Å². The molecular weight excluding hydrogens is 316 g/mol. The molecule has 1 N–H and O–H groups in total. The highest BCUT2D eigenvalue weighted by molar-refractivity contribution is 7.87. The zero-order valence-corrected chi connectivity index (χ0v) is 14.6. The summed E-state index contributed by atoms with van der Waals surface area (Å²) >= 11 is 0. The van der Waals surface area contributed by atoms with Gasteiger partial charge in [-0.25, -0.2) is 0 Å². The van der Waals surface area contributed by atoms with E-state index >= 15 is 0 Å². The molecule has 0 saturated carbocycles. The molecule has 0 unspecified atom stereocenters. The number of methoxy groups -OCH3 is 1. The third-order valence-corrected chi connectivity index (χ3v) is 4.17. The Kier molecular flexibility index (Phi) is 7.06. The fourth-order valence-electron chi connectivity index (χ4n) is 1.76. The third-order valence-electron chi connectivity index (χ3n) is 2.92. The second-order valence-corrected chi connectivity index (χ2v) is 6.04. The van der Waals surface area contributed by atoms with Gasteiger partial charge in [0.25, 0.3) is 0 Å². The minimum Gasteiger partial charge on any atom is -0.493 e. The SMILES string of the molecule is CC.COc1ccc(CO)cc1OS(=O)(=O)c1ccc(C)cc1. The summed E-state index contributed by atoms with van der Waals surface area (Å²) < 4.78 is 34.7. The Balaban J connectivity index is 0.00000127. The Bertz CT molecular complexity index is 721. The molecule has 0 atom stereocenters. The quantitative estimate of drug-likeness (QED) is 0.847. The van der Waals surface area contributed by atoms with Crippen LogP contribution >= 0.6 is 0 Å². The maximum atomic E-state index is 12.2. The molecule has 2 rings (SSSR count). The lowest BCUT2D eigenvalue weighted by molar-refractivity contribution is 0.281. The number of benzene rings is 2. The van der Waals surface area contributed by atoms with Gasteiger partial charge in [-0.3, -0.25) is 0 Å². The van der Waals surface area contributed by atoms with Crippen molar-refractivity contribution in [2.45, 2.75) is 32.3 Å². The number of hydrogen-bond donors (Lipinski definition) is 1. The van der Waals surface area contributed by atoms with E-state index in [2.05, 4.69) is 0 Å². The topological polar surface area (TPSA) is 72.8 Å². The van der Waals surface area contributed by atoms with Gasteiger partial charge in [-0.05, 0) is 36.8 Å². The molecular formula is C17H22O5S. The minimum atomic E-state index is -3.95. The lowest BCUT2D eigenvalue weighted by atomic mass is 10.2. The van der Waals surface area contributed by atoms with Crippen LogP contribution in [0, 0.1) is 6.92 Å². The average Bonchev–Trinajstić information content (AvgIpc) is 2.56. The van der Waals surface area contributed by atoms with Gasteiger partial charge in [-0.2, -0.15) is 8.42 Å². The summed E-state index contributed by atoms with van der Waals surface area (Å²) in [4.78, 5) is 0.0598. The van der Waals surface area contributed by atoms with E-state index in [-0.39, 0.29) is 23.0 Å². The zero-order valence-electron chi connectivity index (χ0n) is 13.7. The molecule has 0 radical (unpaired) electrons. The number of aryl methyl sites for hydroxylation is 1. The lowest BCUT2D eigenvalue weighted by Crippen LogP contribution is -2.10. The van der Waals surface area contributed by atoms with Crippen LogP contribution in [-0.4, -0.2) is 20.6 Å². The molecule has 0 aliphatic carbocycles. The standard InChI is InChI=1S/C15H16O5S.C2H6/c1-11-3-6-13(7-4-11)21(17,18)20-15-9-12(10-16)5-8-14(15)19-2;1-2/h3-9,16H,10H2,1-2H3;1-2H3. The molecule has 0 aliphatic heterocycles. The molecule has 0 saturated heterocycles. The Morgan fingerprint density at radius 1 is 1.00 bits per heavy atom. The Hall–Kier alpha value is -2.05. The summed E-state index contributed by atoms with van der Waals surface area (Å²) in [6.45, 7) is 5.65. The van der Waals surface area contributed by atoms with Crippen molar-refractivity contribution < 1.29 is 22.4 Å². The Labute approximate surface area is 137 Å². The zero-order chi connectivity index (χ0) is 17.5. The van der Waals surface area contributed by atoms with E-state index in [1.54, 1.807) is 24.3 Å². The van der Waals surface area contributed by atoms with E-state index in [1.807, 2.05) is 20.8 Å². The average molecular weight is 338 g/mol. The number of aliphatic hydroxyl groups is 1.